The molecule has 2 aromatic carbocycles. The molecule has 0 bridgehead atoms. The third kappa shape index (κ3) is 7.89. The summed E-state index contributed by atoms with van der Waals surface area (Å²) in [5.41, 5.74) is 1.04. The summed E-state index contributed by atoms with van der Waals surface area (Å²) in [6.07, 6.45) is 3.14. The van der Waals surface area contributed by atoms with Crippen molar-refractivity contribution in [2.24, 2.45) is 0 Å². The number of nitrogens with zero attached hydrogens (tertiary/aromatic N) is 2. The van der Waals surface area contributed by atoms with Gasteiger partial charge in [0.15, 0.2) is 0 Å². The molecule has 0 saturated heterocycles. The molecule has 0 aliphatic carbocycles. The first-order chi connectivity index (χ1) is 16.1. The summed E-state index contributed by atoms with van der Waals surface area (Å²) in [5, 5.41) is 3.58. The number of amides is 2. The maximum Gasteiger partial charge on any atom is 0.244 e. The molecule has 0 spiro atoms. The molecule has 0 aliphatic rings. The van der Waals surface area contributed by atoms with E-state index < -0.39 is 28.5 Å². The number of rotatable bonds is 12. The number of hydrogen-bond donors (Lipinski definition) is 1. The van der Waals surface area contributed by atoms with Crippen molar-refractivity contribution in [2.75, 3.05) is 23.7 Å². The number of hydrogen-bond acceptors (Lipinski definition) is 4. The molecule has 10 heteroatoms. The van der Waals surface area contributed by atoms with E-state index in [0.717, 1.165) is 23.4 Å². The van der Waals surface area contributed by atoms with Gasteiger partial charge in [0, 0.05) is 13.1 Å². The average molecular weight is 529 g/mol. The second kappa shape index (κ2) is 13.0. The van der Waals surface area contributed by atoms with Gasteiger partial charge in [-0.15, -0.1) is 0 Å². The van der Waals surface area contributed by atoms with Gasteiger partial charge in [0.1, 0.15) is 12.6 Å². The van der Waals surface area contributed by atoms with Crippen molar-refractivity contribution < 1.29 is 18.0 Å². The van der Waals surface area contributed by atoms with Crippen LogP contribution in [-0.4, -0.2) is 50.5 Å². The minimum Gasteiger partial charge on any atom is -0.354 e. The highest BCUT2D eigenvalue weighted by atomic mass is 35.5. The van der Waals surface area contributed by atoms with Crippen molar-refractivity contribution in [3.05, 3.63) is 64.1 Å². The molecule has 7 nitrogen and oxygen atoms in total. The zero-order valence-electron chi connectivity index (χ0n) is 19.6. The van der Waals surface area contributed by atoms with Gasteiger partial charge in [-0.25, -0.2) is 8.42 Å². The molecule has 0 fully saturated rings. The summed E-state index contributed by atoms with van der Waals surface area (Å²) in [4.78, 5) is 27.9. The molecular weight excluding hydrogens is 497 g/mol. The van der Waals surface area contributed by atoms with Crippen LogP contribution in [0.3, 0.4) is 0 Å². The Morgan fingerprint density at radius 2 is 1.71 bits per heavy atom. The summed E-state index contributed by atoms with van der Waals surface area (Å²) in [6, 6.07) is 12.6. The van der Waals surface area contributed by atoms with E-state index in [1.807, 2.05) is 13.8 Å². The zero-order chi connectivity index (χ0) is 25.3. The first kappa shape index (κ1) is 28.0. The van der Waals surface area contributed by atoms with E-state index in [1.165, 1.54) is 4.90 Å². The molecule has 2 aromatic rings. The summed E-state index contributed by atoms with van der Waals surface area (Å²) in [6.45, 7) is 3.96. The number of nitrogens with one attached hydrogen (secondary N) is 1. The molecular formula is C24H31Cl2N3O4S. The monoisotopic (exact) mass is 527 g/mol. The average Bonchev–Trinajstić information content (AvgIpc) is 2.79. The topological polar surface area (TPSA) is 86.8 Å². The maximum atomic E-state index is 13.5. The van der Waals surface area contributed by atoms with Crippen LogP contribution in [0, 0.1) is 0 Å². The fourth-order valence-electron chi connectivity index (χ4n) is 3.47. The standard InChI is InChI=1S/C24H31Cl2N3O4S/c1-4-6-14-27-24(31)22(5-2)28(16-18-12-13-20(25)21(26)15-18)23(30)17-29(34(3,32)33)19-10-8-7-9-11-19/h7-13,15,22H,4-6,14,16-17H2,1-3H3,(H,27,31)/t22-/m0/s1. The number of sulfonamides is 1. The van der Waals surface area contributed by atoms with Gasteiger partial charge in [-0.1, -0.05) is 67.7 Å². The predicted molar refractivity (Wildman–Crippen MR) is 138 cm³/mol. The highest BCUT2D eigenvalue weighted by Crippen LogP contribution is 2.25. The first-order valence-corrected chi connectivity index (χ1v) is 13.7. The van der Waals surface area contributed by atoms with Crippen LogP contribution >= 0.6 is 23.2 Å². The minimum atomic E-state index is -3.76. The van der Waals surface area contributed by atoms with E-state index >= 15 is 0 Å². The molecule has 1 atom stereocenters. The number of anilines is 1. The quantitative estimate of drug-likeness (QED) is 0.412. The molecule has 0 saturated carbocycles. The van der Waals surface area contributed by atoms with Gasteiger partial charge in [-0.2, -0.15) is 0 Å². The molecule has 0 heterocycles. The number of benzene rings is 2. The van der Waals surface area contributed by atoms with Crippen molar-refractivity contribution >= 4 is 50.7 Å². The molecule has 34 heavy (non-hydrogen) atoms. The van der Waals surface area contributed by atoms with Gasteiger partial charge in [0.2, 0.25) is 21.8 Å². The van der Waals surface area contributed by atoms with Crippen LogP contribution in [0.5, 0.6) is 0 Å². The number of carbonyl (C=O) groups is 2. The van der Waals surface area contributed by atoms with E-state index in [1.54, 1.807) is 48.5 Å². The van der Waals surface area contributed by atoms with E-state index in [2.05, 4.69) is 5.32 Å². The second-order valence-electron chi connectivity index (χ2n) is 7.94. The third-order valence-electron chi connectivity index (χ3n) is 5.28. The summed E-state index contributed by atoms with van der Waals surface area (Å²) in [5.74, 6) is -0.784. The highest BCUT2D eigenvalue weighted by Gasteiger charge is 2.31. The van der Waals surface area contributed by atoms with Gasteiger partial charge in [0.05, 0.1) is 22.0 Å². The normalized spacial score (nSPS) is 12.1. The number of unbranched alkanes of at least 4 members (excludes halogenated alkanes) is 1. The predicted octanol–water partition coefficient (Wildman–Crippen LogP) is 4.48. The lowest BCUT2D eigenvalue weighted by molar-refractivity contribution is -0.140. The molecule has 0 radical (unpaired) electrons. The highest BCUT2D eigenvalue weighted by molar-refractivity contribution is 7.92. The Hall–Kier alpha value is -2.29. The zero-order valence-corrected chi connectivity index (χ0v) is 22.0. The first-order valence-electron chi connectivity index (χ1n) is 11.1. The molecule has 0 aliphatic heterocycles. The Morgan fingerprint density at radius 3 is 2.26 bits per heavy atom. The lowest BCUT2D eigenvalue weighted by Gasteiger charge is -2.33. The van der Waals surface area contributed by atoms with Crippen LogP contribution in [0.1, 0.15) is 38.7 Å². The van der Waals surface area contributed by atoms with Gasteiger partial charge in [0.25, 0.3) is 0 Å². The SMILES string of the molecule is CCCCNC(=O)[C@H](CC)N(Cc1ccc(Cl)c(Cl)c1)C(=O)CN(c1ccccc1)S(C)(=O)=O. The van der Waals surface area contributed by atoms with Crippen LogP contribution in [0.4, 0.5) is 5.69 Å². The molecule has 186 valence electrons. The molecule has 2 amide bonds. The number of carbonyl (C=O) groups excluding carboxylic acids is 2. The fourth-order valence-corrected chi connectivity index (χ4v) is 4.64. The summed E-state index contributed by atoms with van der Waals surface area (Å²) < 4.78 is 26.1. The van der Waals surface area contributed by atoms with Crippen molar-refractivity contribution in [3.63, 3.8) is 0 Å². The molecule has 2 rings (SSSR count). The van der Waals surface area contributed by atoms with E-state index in [4.69, 9.17) is 23.2 Å². The fraction of sp³-hybridized carbons (Fsp3) is 0.417. The molecule has 0 unspecified atom stereocenters. The van der Waals surface area contributed by atoms with Gasteiger partial charge in [-0.3, -0.25) is 13.9 Å². The van der Waals surface area contributed by atoms with Crippen LogP contribution in [0.25, 0.3) is 0 Å². The Balaban J connectivity index is 2.40. The van der Waals surface area contributed by atoms with Gasteiger partial charge in [-0.05, 0) is 42.7 Å². The van der Waals surface area contributed by atoms with Crippen molar-refractivity contribution in [1.29, 1.82) is 0 Å². The van der Waals surface area contributed by atoms with Crippen molar-refractivity contribution in [2.45, 2.75) is 45.7 Å². The van der Waals surface area contributed by atoms with Gasteiger partial charge < -0.3 is 10.2 Å². The van der Waals surface area contributed by atoms with Crippen LogP contribution in [-0.2, 0) is 26.2 Å². The lowest BCUT2D eigenvalue weighted by Crippen LogP contribution is -2.52. The van der Waals surface area contributed by atoms with E-state index in [9.17, 15) is 18.0 Å². The van der Waals surface area contributed by atoms with Crippen LogP contribution in [0.15, 0.2) is 48.5 Å². The van der Waals surface area contributed by atoms with Gasteiger partial charge >= 0.3 is 0 Å². The Labute approximate surface area is 212 Å². The van der Waals surface area contributed by atoms with Crippen molar-refractivity contribution in [1.82, 2.24) is 10.2 Å². The third-order valence-corrected chi connectivity index (χ3v) is 7.16. The molecule has 1 N–H and O–H groups in total. The Bertz CT molecular complexity index is 1080. The summed E-state index contributed by atoms with van der Waals surface area (Å²) in [7, 11) is -3.76. The maximum absolute atomic E-state index is 13.5. The van der Waals surface area contributed by atoms with Crippen molar-refractivity contribution in [3.8, 4) is 0 Å². The lowest BCUT2D eigenvalue weighted by atomic mass is 10.1. The second-order valence-corrected chi connectivity index (χ2v) is 10.7. The number of halogens is 2. The summed E-state index contributed by atoms with van der Waals surface area (Å²) >= 11 is 12.2. The smallest absolute Gasteiger partial charge is 0.244 e. The van der Waals surface area contributed by atoms with E-state index in [0.29, 0.717) is 34.3 Å². The Morgan fingerprint density at radius 1 is 1.03 bits per heavy atom. The molecule has 0 aromatic heterocycles. The Kier molecular flexibility index (Phi) is 10.7. The largest absolute Gasteiger partial charge is 0.354 e. The van der Waals surface area contributed by atoms with Crippen LogP contribution in [0.2, 0.25) is 10.0 Å². The van der Waals surface area contributed by atoms with E-state index in [-0.39, 0.29) is 12.5 Å². The van der Waals surface area contributed by atoms with Crippen LogP contribution < -0.4 is 9.62 Å². The number of para-hydroxylation sites is 1. The minimum absolute atomic E-state index is 0.0712.